The summed E-state index contributed by atoms with van der Waals surface area (Å²) in [7, 11) is 0. The maximum Gasteiger partial charge on any atom is 0.274 e. The van der Waals surface area contributed by atoms with Crippen molar-refractivity contribution in [1.82, 2.24) is 0 Å². The monoisotopic (exact) mass is 356 g/mol. The van der Waals surface area contributed by atoms with Crippen LogP contribution in [0.1, 0.15) is 10.4 Å². The maximum absolute atomic E-state index is 13.6. The van der Waals surface area contributed by atoms with E-state index in [1.165, 1.54) is 12.1 Å². The summed E-state index contributed by atoms with van der Waals surface area (Å²) in [4.78, 5) is 21.8. The van der Waals surface area contributed by atoms with Crippen molar-refractivity contribution in [3.8, 4) is 0 Å². The smallest absolute Gasteiger partial charge is 0.274 e. The first-order chi connectivity index (χ1) is 9.88. The lowest BCUT2D eigenvalue weighted by Crippen LogP contribution is -2.14. The number of nitro benzene ring substituents is 1. The Morgan fingerprint density at radius 3 is 2.57 bits per heavy atom. The molecule has 0 spiro atoms. The van der Waals surface area contributed by atoms with Gasteiger partial charge in [-0.1, -0.05) is 6.07 Å². The molecule has 8 heteroatoms. The summed E-state index contributed by atoms with van der Waals surface area (Å²) in [6, 6.07) is 6.56. The minimum atomic E-state index is -0.882. The molecular weight excluding hydrogens is 350 g/mol. The van der Waals surface area contributed by atoms with Crippen LogP contribution in [0.3, 0.4) is 0 Å². The second kappa shape index (κ2) is 5.96. The topological polar surface area (TPSA) is 72.2 Å². The molecule has 2 aromatic rings. The van der Waals surface area contributed by atoms with Gasteiger partial charge in [-0.3, -0.25) is 14.9 Å². The Balaban J connectivity index is 2.34. The third kappa shape index (κ3) is 3.40. The first kappa shape index (κ1) is 15.0. The number of halogens is 3. The summed E-state index contributed by atoms with van der Waals surface area (Å²) in [5.41, 5.74) is -0.927. The van der Waals surface area contributed by atoms with Gasteiger partial charge in [0, 0.05) is 10.5 Å². The fraction of sp³-hybridized carbons (Fsp3) is 0. The number of nitrogens with zero attached hydrogens (tertiary/aromatic N) is 1. The number of carbonyl (C=O) groups is 1. The van der Waals surface area contributed by atoms with Crippen LogP contribution in [0.25, 0.3) is 0 Å². The fourth-order valence-corrected chi connectivity index (χ4v) is 2.18. The molecule has 5 nitrogen and oxygen atoms in total. The summed E-state index contributed by atoms with van der Waals surface area (Å²) in [6.45, 7) is 0. The molecule has 0 atom stereocenters. The van der Waals surface area contributed by atoms with E-state index in [9.17, 15) is 23.7 Å². The summed E-state index contributed by atoms with van der Waals surface area (Å²) in [5, 5.41) is 12.9. The largest absolute Gasteiger partial charge is 0.322 e. The van der Waals surface area contributed by atoms with Crippen LogP contribution in [0, 0.1) is 21.7 Å². The molecule has 0 fully saturated rings. The number of rotatable bonds is 3. The van der Waals surface area contributed by atoms with Gasteiger partial charge in [0.05, 0.1) is 22.2 Å². The van der Waals surface area contributed by atoms with Crippen molar-refractivity contribution in [2.24, 2.45) is 0 Å². The van der Waals surface area contributed by atoms with Gasteiger partial charge in [0.1, 0.15) is 11.6 Å². The number of carbonyl (C=O) groups excluding carboxylic acids is 1. The standard InChI is InChI=1S/C13H7BrF2N2O3/c14-10-2-1-3-11(16)12(10)13(19)17-8-4-7(15)5-9(6-8)18(20)21/h1-6H,(H,17,19). The molecule has 0 bridgehead atoms. The number of non-ortho nitro benzene ring substituents is 1. The first-order valence-corrected chi connectivity index (χ1v) is 6.38. The van der Waals surface area contributed by atoms with Crippen LogP contribution in [0.2, 0.25) is 0 Å². The normalized spacial score (nSPS) is 10.2. The Kier molecular flexibility index (Phi) is 4.27. The van der Waals surface area contributed by atoms with Gasteiger partial charge < -0.3 is 5.32 Å². The van der Waals surface area contributed by atoms with Gasteiger partial charge in [0.25, 0.3) is 11.6 Å². The van der Waals surface area contributed by atoms with Crippen molar-refractivity contribution < 1.29 is 18.5 Å². The number of benzene rings is 2. The van der Waals surface area contributed by atoms with Crippen LogP contribution >= 0.6 is 15.9 Å². The lowest BCUT2D eigenvalue weighted by atomic mass is 10.2. The highest BCUT2D eigenvalue weighted by Crippen LogP contribution is 2.23. The van der Waals surface area contributed by atoms with Crippen LogP contribution in [-0.4, -0.2) is 10.8 Å². The minimum Gasteiger partial charge on any atom is -0.322 e. The molecule has 0 saturated heterocycles. The average molecular weight is 357 g/mol. The van der Waals surface area contributed by atoms with Crippen molar-refractivity contribution in [2.45, 2.75) is 0 Å². The number of amides is 1. The van der Waals surface area contributed by atoms with Gasteiger partial charge in [-0.25, -0.2) is 8.78 Å². The Bertz CT molecular complexity index is 717. The van der Waals surface area contributed by atoms with Gasteiger partial charge in [-0.15, -0.1) is 0 Å². The molecule has 0 aliphatic rings. The molecule has 0 aromatic heterocycles. The predicted molar refractivity (Wildman–Crippen MR) is 75.1 cm³/mol. The summed E-state index contributed by atoms with van der Waals surface area (Å²) < 4.78 is 27.1. The van der Waals surface area contributed by atoms with Crippen molar-refractivity contribution in [3.05, 3.63) is 68.2 Å². The zero-order valence-electron chi connectivity index (χ0n) is 10.3. The Labute approximate surface area is 125 Å². The molecule has 0 unspecified atom stereocenters. The molecule has 108 valence electrons. The second-order valence-corrected chi connectivity index (χ2v) is 4.86. The van der Waals surface area contributed by atoms with Crippen LogP contribution in [0.5, 0.6) is 0 Å². The van der Waals surface area contributed by atoms with Crippen molar-refractivity contribution in [1.29, 1.82) is 0 Å². The van der Waals surface area contributed by atoms with Crippen LogP contribution < -0.4 is 5.32 Å². The molecule has 1 amide bonds. The van der Waals surface area contributed by atoms with Crippen LogP contribution in [0.4, 0.5) is 20.2 Å². The highest BCUT2D eigenvalue weighted by atomic mass is 79.9. The Morgan fingerprint density at radius 1 is 1.24 bits per heavy atom. The minimum absolute atomic E-state index is 0.137. The highest BCUT2D eigenvalue weighted by molar-refractivity contribution is 9.10. The average Bonchev–Trinajstić information content (AvgIpc) is 2.37. The van der Waals surface area contributed by atoms with Crippen molar-refractivity contribution >= 4 is 33.2 Å². The van der Waals surface area contributed by atoms with Crippen LogP contribution in [0.15, 0.2) is 40.9 Å². The van der Waals surface area contributed by atoms with Gasteiger partial charge in [-0.2, -0.15) is 0 Å². The molecule has 0 radical (unpaired) electrons. The molecule has 21 heavy (non-hydrogen) atoms. The quantitative estimate of drug-likeness (QED) is 0.669. The Morgan fingerprint density at radius 2 is 1.95 bits per heavy atom. The number of hydrogen-bond donors (Lipinski definition) is 1. The SMILES string of the molecule is O=C(Nc1cc(F)cc([N+](=O)[O-])c1)c1c(F)cccc1Br. The number of nitrogens with one attached hydrogen (secondary N) is 1. The van der Waals surface area contributed by atoms with Gasteiger partial charge in [0.15, 0.2) is 0 Å². The molecule has 2 rings (SSSR count). The number of nitro groups is 1. The van der Waals surface area contributed by atoms with Crippen LogP contribution in [-0.2, 0) is 0 Å². The first-order valence-electron chi connectivity index (χ1n) is 5.59. The molecule has 2 aromatic carbocycles. The highest BCUT2D eigenvalue weighted by Gasteiger charge is 2.17. The molecule has 1 N–H and O–H groups in total. The molecule has 0 heterocycles. The summed E-state index contributed by atoms with van der Waals surface area (Å²) in [5.74, 6) is -2.50. The van der Waals surface area contributed by atoms with Crippen molar-refractivity contribution in [3.63, 3.8) is 0 Å². The lowest BCUT2D eigenvalue weighted by Gasteiger charge is -2.08. The van der Waals surface area contributed by atoms with E-state index in [1.807, 2.05) is 0 Å². The third-order valence-electron chi connectivity index (χ3n) is 2.54. The van der Waals surface area contributed by atoms with E-state index < -0.39 is 28.2 Å². The summed E-state index contributed by atoms with van der Waals surface area (Å²) in [6.07, 6.45) is 0. The fourth-order valence-electron chi connectivity index (χ4n) is 1.66. The molecule has 0 aliphatic carbocycles. The number of hydrogen-bond acceptors (Lipinski definition) is 3. The number of anilines is 1. The van der Waals surface area contributed by atoms with E-state index in [4.69, 9.17) is 0 Å². The molecule has 0 saturated carbocycles. The van der Waals surface area contributed by atoms with E-state index in [0.29, 0.717) is 6.07 Å². The van der Waals surface area contributed by atoms with E-state index in [0.717, 1.165) is 18.2 Å². The molecule has 0 aliphatic heterocycles. The molecular formula is C13H7BrF2N2O3. The van der Waals surface area contributed by atoms with E-state index in [2.05, 4.69) is 21.2 Å². The van der Waals surface area contributed by atoms with Gasteiger partial charge in [-0.05, 0) is 34.1 Å². The van der Waals surface area contributed by atoms with Crippen molar-refractivity contribution in [2.75, 3.05) is 5.32 Å². The van der Waals surface area contributed by atoms with E-state index in [1.54, 1.807) is 0 Å². The van der Waals surface area contributed by atoms with E-state index >= 15 is 0 Å². The zero-order chi connectivity index (χ0) is 15.6. The van der Waals surface area contributed by atoms with Gasteiger partial charge >= 0.3 is 0 Å². The predicted octanol–water partition coefficient (Wildman–Crippen LogP) is 3.89. The van der Waals surface area contributed by atoms with E-state index in [-0.39, 0.29) is 15.7 Å². The Hall–Kier alpha value is -2.35. The summed E-state index contributed by atoms with van der Waals surface area (Å²) >= 11 is 3.03. The second-order valence-electron chi connectivity index (χ2n) is 4.01. The lowest BCUT2D eigenvalue weighted by molar-refractivity contribution is -0.385. The third-order valence-corrected chi connectivity index (χ3v) is 3.20. The maximum atomic E-state index is 13.6. The van der Waals surface area contributed by atoms with Gasteiger partial charge in [0.2, 0.25) is 0 Å². The zero-order valence-corrected chi connectivity index (χ0v) is 11.9.